The lowest BCUT2D eigenvalue weighted by Crippen LogP contribution is -2.39. The molecule has 2 aromatic carbocycles. The SMILES string of the molecule is Cn1c(=O)c2nc(-c3cccc(C(F)(F)F)c3)nnc2n(Cc2cccc(F)c2)c1=O. The molecule has 0 bridgehead atoms. The standard InChI is InChI=1S/C20H13F4N5O2/c1-28-18(30)15-17(29(19(28)31)10-11-4-2-7-14(21)8-11)27-26-16(25-15)12-5-3-6-13(9-12)20(22,23)24/h2-9H,10H2,1H3. The van der Waals surface area contributed by atoms with Crippen LogP contribution >= 0.6 is 0 Å². The summed E-state index contributed by atoms with van der Waals surface area (Å²) >= 11 is 0. The third kappa shape index (κ3) is 3.81. The summed E-state index contributed by atoms with van der Waals surface area (Å²) in [5.74, 6) is -0.706. The van der Waals surface area contributed by atoms with Crippen LogP contribution in [0.25, 0.3) is 22.6 Å². The van der Waals surface area contributed by atoms with E-state index in [1.54, 1.807) is 6.07 Å². The first-order valence-corrected chi connectivity index (χ1v) is 8.91. The molecule has 0 radical (unpaired) electrons. The molecule has 0 spiro atoms. The van der Waals surface area contributed by atoms with Gasteiger partial charge in [-0.25, -0.2) is 14.2 Å². The molecule has 0 saturated carbocycles. The Kier molecular flexibility index (Phi) is 4.88. The number of alkyl halides is 3. The predicted octanol–water partition coefficient (Wildman–Crippen LogP) is 2.76. The van der Waals surface area contributed by atoms with Gasteiger partial charge in [0.15, 0.2) is 17.0 Å². The van der Waals surface area contributed by atoms with Crippen LogP contribution in [0.2, 0.25) is 0 Å². The van der Waals surface area contributed by atoms with Crippen LogP contribution in [0.3, 0.4) is 0 Å². The zero-order valence-electron chi connectivity index (χ0n) is 15.9. The van der Waals surface area contributed by atoms with E-state index in [9.17, 15) is 27.2 Å². The Morgan fingerprint density at radius 2 is 1.74 bits per heavy atom. The number of halogens is 4. The van der Waals surface area contributed by atoms with Gasteiger partial charge < -0.3 is 0 Å². The smallest absolute Gasteiger partial charge is 0.270 e. The van der Waals surface area contributed by atoms with Crippen molar-refractivity contribution in [1.29, 1.82) is 0 Å². The van der Waals surface area contributed by atoms with Crippen molar-refractivity contribution in [3.8, 4) is 11.4 Å². The van der Waals surface area contributed by atoms with Gasteiger partial charge in [-0.2, -0.15) is 13.2 Å². The second kappa shape index (κ2) is 7.42. The zero-order valence-corrected chi connectivity index (χ0v) is 15.9. The minimum atomic E-state index is -4.57. The quantitative estimate of drug-likeness (QED) is 0.466. The topological polar surface area (TPSA) is 82.7 Å². The first-order chi connectivity index (χ1) is 14.6. The molecule has 0 amide bonds. The summed E-state index contributed by atoms with van der Waals surface area (Å²) in [6.07, 6.45) is -4.57. The Bertz CT molecular complexity index is 1430. The molecule has 0 atom stereocenters. The normalized spacial score (nSPS) is 11.8. The molecule has 158 valence electrons. The molecule has 7 nitrogen and oxygen atoms in total. The van der Waals surface area contributed by atoms with Crippen LogP contribution in [0.5, 0.6) is 0 Å². The van der Waals surface area contributed by atoms with Crippen molar-refractivity contribution in [1.82, 2.24) is 24.3 Å². The average molecular weight is 431 g/mol. The van der Waals surface area contributed by atoms with Gasteiger partial charge in [-0.1, -0.05) is 24.3 Å². The first-order valence-electron chi connectivity index (χ1n) is 8.91. The third-order valence-electron chi connectivity index (χ3n) is 4.63. The van der Waals surface area contributed by atoms with Crippen molar-refractivity contribution in [2.45, 2.75) is 12.7 Å². The van der Waals surface area contributed by atoms with E-state index >= 15 is 0 Å². The molecular formula is C20H13F4N5O2. The molecule has 0 unspecified atom stereocenters. The second-order valence-electron chi connectivity index (χ2n) is 6.75. The van der Waals surface area contributed by atoms with Gasteiger partial charge in [0.05, 0.1) is 12.1 Å². The number of hydrogen-bond donors (Lipinski definition) is 0. The van der Waals surface area contributed by atoms with Gasteiger partial charge in [-0.15, -0.1) is 10.2 Å². The van der Waals surface area contributed by atoms with E-state index in [-0.39, 0.29) is 29.1 Å². The van der Waals surface area contributed by atoms with Crippen molar-refractivity contribution >= 4 is 11.2 Å². The molecule has 4 aromatic rings. The molecule has 0 N–H and O–H groups in total. The lowest BCUT2D eigenvalue weighted by molar-refractivity contribution is -0.137. The summed E-state index contributed by atoms with van der Waals surface area (Å²) in [5.41, 5.74) is -2.37. The Morgan fingerprint density at radius 3 is 2.45 bits per heavy atom. The van der Waals surface area contributed by atoms with Crippen LogP contribution in [0.4, 0.5) is 17.6 Å². The fourth-order valence-electron chi connectivity index (χ4n) is 3.08. The minimum Gasteiger partial charge on any atom is -0.270 e. The number of hydrogen-bond acceptors (Lipinski definition) is 5. The maximum Gasteiger partial charge on any atom is 0.416 e. The molecule has 2 aromatic heterocycles. The number of aromatic nitrogens is 5. The van der Waals surface area contributed by atoms with Gasteiger partial charge in [0, 0.05) is 12.6 Å². The van der Waals surface area contributed by atoms with E-state index in [4.69, 9.17) is 0 Å². The molecule has 0 aliphatic rings. The predicted molar refractivity (Wildman–Crippen MR) is 103 cm³/mol. The summed E-state index contributed by atoms with van der Waals surface area (Å²) < 4.78 is 54.5. The lowest BCUT2D eigenvalue weighted by Gasteiger charge is -2.12. The largest absolute Gasteiger partial charge is 0.416 e. The van der Waals surface area contributed by atoms with Gasteiger partial charge in [0.1, 0.15) is 5.82 Å². The highest BCUT2D eigenvalue weighted by Crippen LogP contribution is 2.31. The minimum absolute atomic E-state index is 0.00848. The van der Waals surface area contributed by atoms with Gasteiger partial charge in [0.2, 0.25) is 0 Å². The third-order valence-corrected chi connectivity index (χ3v) is 4.63. The number of rotatable bonds is 3. The van der Waals surface area contributed by atoms with E-state index in [1.807, 2.05) is 0 Å². The van der Waals surface area contributed by atoms with Crippen LogP contribution in [0.15, 0.2) is 58.1 Å². The molecule has 0 aliphatic carbocycles. The highest BCUT2D eigenvalue weighted by atomic mass is 19.4. The molecule has 31 heavy (non-hydrogen) atoms. The molecule has 0 saturated heterocycles. The van der Waals surface area contributed by atoms with Crippen LogP contribution < -0.4 is 11.2 Å². The molecular weight excluding hydrogens is 418 g/mol. The van der Waals surface area contributed by atoms with Crippen LogP contribution in [0.1, 0.15) is 11.1 Å². The van der Waals surface area contributed by atoms with Crippen LogP contribution in [0, 0.1) is 5.82 Å². The van der Waals surface area contributed by atoms with Crippen LogP contribution in [-0.4, -0.2) is 24.3 Å². The highest BCUT2D eigenvalue weighted by Gasteiger charge is 2.30. The Hall–Kier alpha value is -3.89. The van der Waals surface area contributed by atoms with Crippen molar-refractivity contribution in [2.75, 3.05) is 0 Å². The van der Waals surface area contributed by atoms with E-state index in [0.29, 0.717) is 5.56 Å². The maximum atomic E-state index is 13.5. The van der Waals surface area contributed by atoms with Gasteiger partial charge in [-0.05, 0) is 29.8 Å². The summed E-state index contributed by atoms with van der Waals surface area (Å²) in [6.45, 7) is -0.111. The molecule has 0 aliphatic heterocycles. The summed E-state index contributed by atoms with van der Waals surface area (Å²) in [5, 5.41) is 7.71. The first kappa shape index (κ1) is 20.4. The maximum absolute atomic E-state index is 13.5. The van der Waals surface area contributed by atoms with E-state index in [1.165, 1.54) is 37.4 Å². The van der Waals surface area contributed by atoms with Gasteiger partial charge >= 0.3 is 11.9 Å². The Morgan fingerprint density at radius 1 is 1.00 bits per heavy atom. The second-order valence-corrected chi connectivity index (χ2v) is 6.75. The van der Waals surface area contributed by atoms with E-state index < -0.39 is 28.8 Å². The fraction of sp³-hybridized carbons (Fsp3) is 0.150. The van der Waals surface area contributed by atoms with Gasteiger partial charge in [0.25, 0.3) is 5.56 Å². The zero-order chi connectivity index (χ0) is 22.3. The van der Waals surface area contributed by atoms with Crippen molar-refractivity contribution in [2.24, 2.45) is 7.05 Å². The number of fused-ring (bicyclic) bond motifs is 1. The van der Waals surface area contributed by atoms with Crippen LogP contribution in [-0.2, 0) is 19.8 Å². The lowest BCUT2D eigenvalue weighted by atomic mass is 10.1. The Balaban J connectivity index is 1.90. The summed E-state index contributed by atoms with van der Waals surface area (Å²) in [6, 6.07) is 9.80. The fourth-order valence-corrected chi connectivity index (χ4v) is 3.08. The van der Waals surface area contributed by atoms with Gasteiger partial charge in [-0.3, -0.25) is 13.9 Å². The molecule has 0 fully saturated rings. The highest BCUT2D eigenvalue weighted by molar-refractivity contribution is 5.71. The van der Waals surface area contributed by atoms with Crippen molar-refractivity contribution in [3.05, 3.63) is 86.3 Å². The molecule has 2 heterocycles. The number of nitrogens with zero attached hydrogens (tertiary/aromatic N) is 5. The molecule has 4 rings (SSSR count). The monoisotopic (exact) mass is 431 g/mol. The summed E-state index contributed by atoms with van der Waals surface area (Å²) in [7, 11) is 1.23. The average Bonchev–Trinajstić information content (AvgIpc) is 2.74. The number of benzene rings is 2. The van der Waals surface area contributed by atoms with Crippen molar-refractivity contribution in [3.63, 3.8) is 0 Å². The van der Waals surface area contributed by atoms with E-state index in [0.717, 1.165) is 21.3 Å². The van der Waals surface area contributed by atoms with Crippen molar-refractivity contribution < 1.29 is 17.6 Å². The van der Waals surface area contributed by atoms with E-state index in [2.05, 4.69) is 15.2 Å². The Labute approximate surface area is 171 Å². The summed E-state index contributed by atoms with van der Waals surface area (Å²) in [4.78, 5) is 29.3. The molecule has 11 heteroatoms.